The van der Waals surface area contributed by atoms with E-state index in [4.69, 9.17) is 5.73 Å². The monoisotopic (exact) mass is 372 g/mol. The Hall–Kier alpha value is -2.92. The van der Waals surface area contributed by atoms with Crippen LogP contribution in [0.5, 0.6) is 0 Å². The van der Waals surface area contributed by atoms with Crippen LogP contribution >= 0.6 is 0 Å². The molecule has 0 atom stereocenters. The number of rotatable bonds is 3. The van der Waals surface area contributed by atoms with Crippen molar-refractivity contribution >= 4 is 5.91 Å². The van der Waals surface area contributed by atoms with Crippen LogP contribution in [-0.4, -0.2) is 27.3 Å². The minimum absolute atomic E-state index is 0.102. The van der Waals surface area contributed by atoms with Crippen molar-refractivity contribution in [3.8, 4) is 11.1 Å². The Morgan fingerprint density at radius 1 is 1.14 bits per heavy atom. The highest BCUT2D eigenvalue weighted by atomic mass is 16.2. The van der Waals surface area contributed by atoms with Gasteiger partial charge in [-0.1, -0.05) is 30.3 Å². The molecule has 1 fully saturated rings. The van der Waals surface area contributed by atoms with Crippen molar-refractivity contribution in [1.82, 2.24) is 14.9 Å². The lowest BCUT2D eigenvalue weighted by atomic mass is 9.70. The van der Waals surface area contributed by atoms with E-state index in [-0.39, 0.29) is 11.4 Å². The fourth-order valence-electron chi connectivity index (χ4n) is 4.66. The predicted octanol–water partition coefficient (Wildman–Crippen LogP) is 3.61. The first-order valence-corrected chi connectivity index (χ1v) is 9.95. The first-order valence-electron chi connectivity index (χ1n) is 9.95. The number of nitrogens with zero attached hydrogens (tertiary/aromatic N) is 2. The highest BCUT2D eigenvalue weighted by Gasteiger charge is 2.51. The lowest BCUT2D eigenvalue weighted by molar-refractivity contribution is 0.00456. The van der Waals surface area contributed by atoms with Crippen LogP contribution in [-0.2, 0) is 18.5 Å². The second-order valence-electron chi connectivity index (χ2n) is 7.81. The summed E-state index contributed by atoms with van der Waals surface area (Å²) < 4.78 is 0. The maximum atomic E-state index is 13.5. The number of nitrogens with two attached hydrogens (primary N) is 1. The van der Waals surface area contributed by atoms with Gasteiger partial charge < -0.3 is 15.6 Å². The van der Waals surface area contributed by atoms with Crippen LogP contribution in [0.3, 0.4) is 0 Å². The molecule has 3 N–H and O–H groups in total. The number of hydrogen-bond acceptors (Lipinski definition) is 3. The summed E-state index contributed by atoms with van der Waals surface area (Å²) in [5, 5.41) is 0. The molecule has 0 radical (unpaired) electrons. The second kappa shape index (κ2) is 6.60. The standard InChI is InChI=1S/C23H24N4O/c24-14-16-4-1-5-17(12-16)18-6-2-7-19(13-18)22(28)27-11-8-20-21(26-15-25-20)23(27)9-3-10-23/h1-2,4-7,12-13,15H,3,8-11,14,24H2,(H,25,26). The zero-order valence-electron chi connectivity index (χ0n) is 15.8. The van der Waals surface area contributed by atoms with Crippen molar-refractivity contribution in [3.63, 3.8) is 0 Å². The van der Waals surface area contributed by atoms with Crippen molar-refractivity contribution in [3.05, 3.63) is 77.4 Å². The summed E-state index contributed by atoms with van der Waals surface area (Å²) in [6.45, 7) is 1.25. The second-order valence-corrected chi connectivity index (χ2v) is 7.81. The lowest BCUT2D eigenvalue weighted by Gasteiger charge is -2.52. The molecule has 2 heterocycles. The number of fused-ring (bicyclic) bond motifs is 2. The molecule has 0 unspecified atom stereocenters. The molecule has 1 amide bonds. The molecule has 1 aliphatic carbocycles. The Kier molecular flexibility index (Phi) is 4.05. The van der Waals surface area contributed by atoms with Gasteiger partial charge in [-0.15, -0.1) is 0 Å². The van der Waals surface area contributed by atoms with Crippen molar-refractivity contribution in [2.24, 2.45) is 5.73 Å². The van der Waals surface area contributed by atoms with Gasteiger partial charge in [0.2, 0.25) is 0 Å². The number of amides is 1. The highest BCUT2D eigenvalue weighted by Crippen LogP contribution is 2.49. The van der Waals surface area contributed by atoms with Crippen LogP contribution in [0.25, 0.3) is 11.1 Å². The number of hydrogen-bond donors (Lipinski definition) is 2. The summed E-state index contributed by atoms with van der Waals surface area (Å²) >= 11 is 0. The first-order chi connectivity index (χ1) is 13.7. The summed E-state index contributed by atoms with van der Waals surface area (Å²) in [4.78, 5) is 23.4. The molecule has 28 heavy (non-hydrogen) atoms. The minimum Gasteiger partial charge on any atom is -0.348 e. The van der Waals surface area contributed by atoms with E-state index in [9.17, 15) is 4.79 Å². The number of imidazole rings is 1. The van der Waals surface area contributed by atoms with Gasteiger partial charge in [0.1, 0.15) is 0 Å². The maximum absolute atomic E-state index is 13.5. The molecule has 1 aliphatic heterocycles. The van der Waals surface area contributed by atoms with E-state index in [0.717, 1.165) is 60.2 Å². The summed E-state index contributed by atoms with van der Waals surface area (Å²) in [6.07, 6.45) is 5.73. The quantitative estimate of drug-likeness (QED) is 0.737. The molecule has 3 aromatic rings. The predicted molar refractivity (Wildman–Crippen MR) is 109 cm³/mol. The third-order valence-corrected chi connectivity index (χ3v) is 6.29. The number of carbonyl (C=O) groups is 1. The van der Waals surface area contributed by atoms with Crippen LogP contribution in [0.1, 0.15) is 46.6 Å². The number of H-pyrrole nitrogens is 1. The van der Waals surface area contributed by atoms with Crippen LogP contribution in [0.4, 0.5) is 0 Å². The average molecular weight is 372 g/mol. The topological polar surface area (TPSA) is 75.0 Å². The molecule has 2 aromatic carbocycles. The third kappa shape index (κ3) is 2.58. The van der Waals surface area contributed by atoms with Crippen LogP contribution in [0, 0.1) is 0 Å². The lowest BCUT2D eigenvalue weighted by Crippen LogP contribution is -2.57. The van der Waals surface area contributed by atoms with E-state index in [2.05, 4.69) is 27.0 Å². The number of aromatic amines is 1. The van der Waals surface area contributed by atoms with Gasteiger partial charge >= 0.3 is 0 Å². The van der Waals surface area contributed by atoms with E-state index in [1.54, 1.807) is 6.33 Å². The van der Waals surface area contributed by atoms with Crippen LogP contribution < -0.4 is 5.73 Å². The number of aromatic nitrogens is 2. The number of carbonyl (C=O) groups excluding carboxylic acids is 1. The molecule has 0 bridgehead atoms. The molecular formula is C23H24N4O. The summed E-state index contributed by atoms with van der Waals surface area (Å²) in [5.41, 5.74) is 11.8. The van der Waals surface area contributed by atoms with Crippen LogP contribution in [0.15, 0.2) is 54.9 Å². The number of benzene rings is 2. The Balaban J connectivity index is 1.49. The van der Waals surface area contributed by atoms with Gasteiger partial charge in [-0.2, -0.15) is 0 Å². The molecule has 1 aromatic heterocycles. The molecule has 1 spiro atoms. The van der Waals surface area contributed by atoms with Gasteiger partial charge in [0.05, 0.1) is 17.6 Å². The van der Waals surface area contributed by atoms with Gasteiger partial charge in [0.15, 0.2) is 0 Å². The zero-order valence-corrected chi connectivity index (χ0v) is 15.8. The van der Waals surface area contributed by atoms with Crippen LogP contribution in [0.2, 0.25) is 0 Å². The molecule has 5 rings (SSSR count). The van der Waals surface area contributed by atoms with Gasteiger partial charge in [-0.3, -0.25) is 4.79 Å². The van der Waals surface area contributed by atoms with Gasteiger partial charge in [-0.05, 0) is 54.2 Å². The van der Waals surface area contributed by atoms with E-state index < -0.39 is 0 Å². The minimum atomic E-state index is -0.222. The Morgan fingerprint density at radius 3 is 2.68 bits per heavy atom. The summed E-state index contributed by atoms with van der Waals surface area (Å²) in [5.74, 6) is 0.102. The van der Waals surface area contributed by atoms with E-state index >= 15 is 0 Å². The first kappa shape index (κ1) is 17.2. The molecular weight excluding hydrogens is 348 g/mol. The smallest absolute Gasteiger partial charge is 0.254 e. The third-order valence-electron chi connectivity index (χ3n) is 6.29. The zero-order chi connectivity index (χ0) is 19.1. The van der Waals surface area contributed by atoms with Crippen molar-refractivity contribution in [2.45, 2.75) is 37.8 Å². The summed E-state index contributed by atoms with van der Waals surface area (Å²) in [7, 11) is 0. The van der Waals surface area contributed by atoms with Crippen molar-refractivity contribution in [1.29, 1.82) is 0 Å². The average Bonchev–Trinajstić information content (AvgIpc) is 3.20. The normalized spacial score (nSPS) is 17.2. The highest BCUT2D eigenvalue weighted by molar-refractivity contribution is 5.96. The molecule has 2 aliphatic rings. The van der Waals surface area contributed by atoms with E-state index in [1.807, 2.05) is 36.4 Å². The molecule has 0 saturated heterocycles. The Bertz CT molecular complexity index is 1030. The fourth-order valence-corrected chi connectivity index (χ4v) is 4.66. The van der Waals surface area contributed by atoms with Gasteiger partial charge in [-0.25, -0.2) is 4.98 Å². The van der Waals surface area contributed by atoms with Crippen molar-refractivity contribution < 1.29 is 4.79 Å². The molecule has 1 saturated carbocycles. The van der Waals surface area contributed by atoms with E-state index in [1.165, 1.54) is 5.69 Å². The molecule has 5 heteroatoms. The maximum Gasteiger partial charge on any atom is 0.254 e. The Morgan fingerprint density at radius 2 is 1.93 bits per heavy atom. The molecule has 142 valence electrons. The van der Waals surface area contributed by atoms with E-state index in [0.29, 0.717) is 6.54 Å². The SMILES string of the molecule is NCc1cccc(-c2cccc(C(=O)N3CCc4[nH]cnc4C34CCC4)c2)c1. The van der Waals surface area contributed by atoms with Gasteiger partial charge in [0, 0.05) is 30.8 Å². The molecule has 5 nitrogen and oxygen atoms in total. The van der Waals surface area contributed by atoms with Gasteiger partial charge in [0.25, 0.3) is 5.91 Å². The largest absolute Gasteiger partial charge is 0.348 e. The fraction of sp³-hybridized carbons (Fsp3) is 0.304. The van der Waals surface area contributed by atoms with Crippen molar-refractivity contribution in [2.75, 3.05) is 6.54 Å². The Labute approximate surface area is 164 Å². The number of nitrogens with one attached hydrogen (secondary N) is 1. The summed E-state index contributed by atoms with van der Waals surface area (Å²) in [6, 6.07) is 16.1.